The maximum absolute atomic E-state index is 13.2. The number of benzene rings is 2. The smallest absolute Gasteiger partial charge is 0.251 e. The van der Waals surface area contributed by atoms with E-state index in [4.69, 9.17) is 5.26 Å². The number of aliphatic hydroxyl groups excluding tert-OH is 1. The highest BCUT2D eigenvalue weighted by Gasteiger charge is 2.53. The second-order valence-corrected chi connectivity index (χ2v) is 11.2. The van der Waals surface area contributed by atoms with Crippen LogP contribution < -0.4 is 10.6 Å². The Morgan fingerprint density at radius 1 is 1.14 bits per heavy atom. The highest BCUT2D eigenvalue weighted by atomic mass is 19.1. The quantitative estimate of drug-likeness (QED) is 0.535. The molecule has 7 atom stereocenters. The summed E-state index contributed by atoms with van der Waals surface area (Å²) in [5.74, 6) is -1.18. The van der Waals surface area contributed by atoms with Crippen LogP contribution >= 0.6 is 0 Å². The first kappa shape index (κ1) is 26.8. The minimum atomic E-state index is -0.657. The molecule has 6 nitrogen and oxygen atoms in total. The first-order valence-electron chi connectivity index (χ1n) is 13.1. The molecule has 0 bridgehead atoms. The van der Waals surface area contributed by atoms with Crippen LogP contribution in [0.15, 0.2) is 48.5 Å². The Hall–Kier alpha value is -3.24. The van der Waals surface area contributed by atoms with Gasteiger partial charge in [-0.05, 0) is 90.8 Å². The van der Waals surface area contributed by atoms with E-state index in [0.29, 0.717) is 17.7 Å². The van der Waals surface area contributed by atoms with Crippen LogP contribution in [-0.2, 0) is 11.3 Å². The fourth-order valence-electron chi connectivity index (χ4n) is 6.59. The van der Waals surface area contributed by atoms with Gasteiger partial charge in [-0.1, -0.05) is 32.9 Å². The summed E-state index contributed by atoms with van der Waals surface area (Å²) in [5, 5.41) is 26.7. The van der Waals surface area contributed by atoms with Crippen LogP contribution in [0.1, 0.15) is 67.9 Å². The zero-order chi connectivity index (χ0) is 26.7. The van der Waals surface area contributed by atoms with E-state index in [2.05, 4.69) is 30.6 Å². The molecule has 2 aromatic carbocycles. The minimum Gasteiger partial charge on any atom is -0.392 e. The second-order valence-electron chi connectivity index (χ2n) is 11.2. The van der Waals surface area contributed by atoms with Gasteiger partial charge in [0.05, 0.1) is 17.7 Å². The standard InChI is InChI=1S/C30H36FN3O3/c1-18(28(36)33-17-21-6-10-23(31)11-7-21)24-12-14-30(3)15-13-25(19(2)26(30)27(24)35)34-29(37)22-8-4-20(16-32)5-9-22/h4-11,18-19,24-27,35H,12-15,17H2,1-3H3,(H,33,36)(H,34,37)/t18-,19+,24+,25-,26+,27-,30-/m0/s1. The van der Waals surface area contributed by atoms with Crippen molar-refractivity contribution >= 4 is 11.8 Å². The van der Waals surface area contributed by atoms with Gasteiger partial charge in [0.15, 0.2) is 0 Å². The number of rotatable bonds is 6. The van der Waals surface area contributed by atoms with Gasteiger partial charge in [0.1, 0.15) is 5.82 Å². The van der Waals surface area contributed by atoms with Crippen LogP contribution in [-0.4, -0.2) is 29.1 Å². The molecule has 0 aliphatic heterocycles. The minimum absolute atomic E-state index is 0.0355. The van der Waals surface area contributed by atoms with Crippen LogP contribution in [0.4, 0.5) is 4.39 Å². The van der Waals surface area contributed by atoms with Crippen molar-refractivity contribution < 1.29 is 19.1 Å². The Kier molecular flexibility index (Phi) is 7.99. The molecule has 0 radical (unpaired) electrons. The Morgan fingerprint density at radius 3 is 2.43 bits per heavy atom. The highest BCUT2D eigenvalue weighted by Crippen LogP contribution is 2.55. The van der Waals surface area contributed by atoms with Gasteiger partial charge in [-0.15, -0.1) is 0 Å². The van der Waals surface area contributed by atoms with Crippen molar-refractivity contribution in [2.24, 2.45) is 29.1 Å². The summed E-state index contributed by atoms with van der Waals surface area (Å²) in [6, 6.07) is 14.6. The Balaban J connectivity index is 1.41. The average Bonchev–Trinajstić information content (AvgIpc) is 2.89. The van der Waals surface area contributed by atoms with Gasteiger partial charge in [0.25, 0.3) is 5.91 Å². The van der Waals surface area contributed by atoms with Gasteiger partial charge < -0.3 is 15.7 Å². The number of fused-ring (bicyclic) bond motifs is 1. The largest absolute Gasteiger partial charge is 0.392 e. The van der Waals surface area contributed by atoms with Crippen molar-refractivity contribution in [3.05, 3.63) is 71.0 Å². The van der Waals surface area contributed by atoms with Gasteiger partial charge >= 0.3 is 0 Å². The van der Waals surface area contributed by atoms with Crippen molar-refractivity contribution in [3.63, 3.8) is 0 Å². The summed E-state index contributed by atoms with van der Waals surface area (Å²) in [5.41, 5.74) is 1.79. The Bertz CT molecular complexity index is 1160. The normalized spacial score (nSPS) is 29.9. The summed E-state index contributed by atoms with van der Waals surface area (Å²) in [4.78, 5) is 25.9. The van der Waals surface area contributed by atoms with Crippen molar-refractivity contribution in [2.75, 3.05) is 0 Å². The third-order valence-electron chi connectivity index (χ3n) is 8.92. The van der Waals surface area contributed by atoms with Crippen LogP contribution in [0.25, 0.3) is 0 Å². The van der Waals surface area contributed by atoms with Crippen LogP contribution in [0.3, 0.4) is 0 Å². The molecule has 2 saturated carbocycles. The predicted octanol–water partition coefficient (Wildman–Crippen LogP) is 4.57. The molecule has 0 unspecified atom stereocenters. The molecule has 196 valence electrons. The average molecular weight is 506 g/mol. The van der Waals surface area contributed by atoms with E-state index in [9.17, 15) is 19.1 Å². The molecule has 2 aliphatic carbocycles. The van der Waals surface area contributed by atoms with E-state index in [1.54, 1.807) is 36.4 Å². The van der Waals surface area contributed by atoms with Gasteiger partial charge in [-0.2, -0.15) is 5.26 Å². The number of carbonyl (C=O) groups is 2. The van der Waals surface area contributed by atoms with E-state index in [0.717, 1.165) is 31.2 Å². The first-order valence-corrected chi connectivity index (χ1v) is 13.1. The van der Waals surface area contributed by atoms with Gasteiger partial charge in [0.2, 0.25) is 5.91 Å². The number of nitriles is 1. The van der Waals surface area contributed by atoms with E-state index in [-0.39, 0.29) is 52.8 Å². The number of nitrogens with one attached hydrogen (secondary N) is 2. The van der Waals surface area contributed by atoms with Gasteiger partial charge in [0, 0.05) is 24.1 Å². The van der Waals surface area contributed by atoms with Crippen molar-refractivity contribution in [3.8, 4) is 6.07 Å². The lowest BCUT2D eigenvalue weighted by Gasteiger charge is -2.56. The SMILES string of the molecule is C[C@H]1[C@@H]2[C@@H](O)[C@@H]([C@H](C)C(=O)NCc3ccc(F)cc3)CC[C@@]2(C)CC[C@@H]1NC(=O)c1ccc(C#N)cc1. The summed E-state index contributed by atoms with van der Waals surface area (Å²) in [7, 11) is 0. The molecular formula is C30H36FN3O3. The van der Waals surface area contributed by atoms with Crippen molar-refractivity contribution in [1.82, 2.24) is 10.6 Å². The Morgan fingerprint density at radius 2 is 1.78 bits per heavy atom. The molecule has 37 heavy (non-hydrogen) atoms. The third kappa shape index (κ3) is 5.70. The Labute approximate surface area is 218 Å². The highest BCUT2D eigenvalue weighted by molar-refractivity contribution is 5.94. The fraction of sp³-hybridized carbons (Fsp3) is 0.500. The molecule has 2 fully saturated rings. The maximum Gasteiger partial charge on any atom is 0.251 e. The lowest BCUT2D eigenvalue weighted by Crippen LogP contribution is -2.58. The molecular weight excluding hydrogens is 469 g/mol. The van der Waals surface area contributed by atoms with Crippen molar-refractivity contribution in [1.29, 1.82) is 5.26 Å². The number of carbonyl (C=O) groups excluding carboxylic acids is 2. The van der Waals surface area contributed by atoms with Gasteiger partial charge in [-0.25, -0.2) is 4.39 Å². The fourth-order valence-corrected chi connectivity index (χ4v) is 6.59. The number of hydrogen-bond donors (Lipinski definition) is 3. The lowest BCUT2D eigenvalue weighted by molar-refractivity contribution is -0.142. The van der Waals surface area contributed by atoms with Crippen LogP contribution in [0, 0.1) is 46.2 Å². The summed E-state index contributed by atoms with van der Waals surface area (Å²) in [6.07, 6.45) is 2.77. The number of hydrogen-bond acceptors (Lipinski definition) is 4. The first-order chi connectivity index (χ1) is 17.6. The van der Waals surface area contributed by atoms with E-state index < -0.39 is 6.10 Å². The zero-order valence-corrected chi connectivity index (χ0v) is 21.7. The molecule has 2 aliphatic rings. The molecule has 0 saturated heterocycles. The number of halogens is 1. The number of amides is 2. The number of aliphatic hydroxyl groups is 1. The summed E-state index contributed by atoms with van der Waals surface area (Å²) < 4.78 is 13.2. The molecule has 0 aromatic heterocycles. The van der Waals surface area contributed by atoms with E-state index in [1.807, 2.05) is 6.92 Å². The molecule has 2 amide bonds. The molecule has 3 N–H and O–H groups in total. The molecule has 4 rings (SSSR count). The summed E-state index contributed by atoms with van der Waals surface area (Å²) in [6.45, 7) is 6.50. The molecule has 0 spiro atoms. The second kappa shape index (κ2) is 11.0. The monoisotopic (exact) mass is 505 g/mol. The van der Waals surface area contributed by atoms with E-state index >= 15 is 0 Å². The molecule has 7 heteroatoms. The topological polar surface area (TPSA) is 102 Å². The van der Waals surface area contributed by atoms with Gasteiger partial charge in [-0.3, -0.25) is 9.59 Å². The lowest BCUT2D eigenvalue weighted by atomic mass is 9.51. The van der Waals surface area contributed by atoms with E-state index in [1.165, 1.54) is 12.1 Å². The van der Waals surface area contributed by atoms with Crippen LogP contribution in [0.5, 0.6) is 0 Å². The van der Waals surface area contributed by atoms with Crippen molar-refractivity contribution in [2.45, 2.75) is 65.1 Å². The third-order valence-corrected chi connectivity index (χ3v) is 8.92. The molecule has 2 aromatic rings. The number of nitrogens with zero attached hydrogens (tertiary/aromatic N) is 1. The summed E-state index contributed by atoms with van der Waals surface area (Å²) >= 11 is 0. The predicted molar refractivity (Wildman–Crippen MR) is 139 cm³/mol. The van der Waals surface area contributed by atoms with Crippen LogP contribution in [0.2, 0.25) is 0 Å². The molecule has 0 heterocycles. The zero-order valence-electron chi connectivity index (χ0n) is 21.7. The maximum atomic E-state index is 13.2.